The first-order valence-corrected chi connectivity index (χ1v) is 8.22. The van der Waals surface area contributed by atoms with Crippen molar-refractivity contribution in [2.75, 3.05) is 26.7 Å². The second-order valence-electron chi connectivity index (χ2n) is 5.71. The lowest BCUT2D eigenvalue weighted by atomic mass is 9.79. The SMILES string of the molecule is COC(=O)C1(CNC(=O)Cc2ccc(Cl)cc2Cl)CCNCC1. The van der Waals surface area contributed by atoms with E-state index in [0.717, 1.165) is 13.1 Å². The number of hydrogen-bond acceptors (Lipinski definition) is 4. The summed E-state index contributed by atoms with van der Waals surface area (Å²) in [6, 6.07) is 5.03. The van der Waals surface area contributed by atoms with E-state index in [4.69, 9.17) is 27.9 Å². The fourth-order valence-electron chi connectivity index (χ4n) is 2.74. The molecule has 23 heavy (non-hydrogen) atoms. The maximum Gasteiger partial charge on any atom is 0.313 e. The molecule has 2 rings (SSSR count). The summed E-state index contributed by atoms with van der Waals surface area (Å²) in [4.78, 5) is 24.3. The van der Waals surface area contributed by atoms with Gasteiger partial charge in [-0.2, -0.15) is 0 Å². The number of esters is 1. The predicted octanol–water partition coefficient (Wildman–Crippen LogP) is 2.19. The summed E-state index contributed by atoms with van der Waals surface area (Å²) in [6.45, 7) is 1.73. The number of hydrogen-bond donors (Lipinski definition) is 2. The molecule has 2 N–H and O–H groups in total. The number of halogens is 2. The van der Waals surface area contributed by atoms with Gasteiger partial charge in [-0.05, 0) is 43.6 Å². The summed E-state index contributed by atoms with van der Waals surface area (Å²) in [7, 11) is 1.38. The molecule has 5 nitrogen and oxygen atoms in total. The van der Waals surface area contributed by atoms with Gasteiger partial charge >= 0.3 is 5.97 Å². The van der Waals surface area contributed by atoms with Gasteiger partial charge in [0.1, 0.15) is 0 Å². The molecule has 7 heteroatoms. The van der Waals surface area contributed by atoms with Crippen LogP contribution in [0.3, 0.4) is 0 Å². The van der Waals surface area contributed by atoms with E-state index in [1.807, 2.05) is 0 Å². The third-order valence-corrected chi connectivity index (χ3v) is 4.76. The highest BCUT2D eigenvalue weighted by molar-refractivity contribution is 6.35. The Balaban J connectivity index is 1.97. The number of amides is 1. The molecule has 126 valence electrons. The topological polar surface area (TPSA) is 67.4 Å². The van der Waals surface area contributed by atoms with Crippen LogP contribution in [-0.2, 0) is 20.7 Å². The molecule has 0 spiro atoms. The van der Waals surface area contributed by atoms with Crippen molar-refractivity contribution in [1.82, 2.24) is 10.6 Å². The summed E-state index contributed by atoms with van der Waals surface area (Å²) >= 11 is 11.9. The molecule has 1 aromatic carbocycles. The van der Waals surface area contributed by atoms with Gasteiger partial charge in [-0.1, -0.05) is 29.3 Å². The van der Waals surface area contributed by atoms with Crippen molar-refractivity contribution in [3.63, 3.8) is 0 Å². The molecule has 0 bridgehead atoms. The van der Waals surface area contributed by atoms with Crippen LogP contribution >= 0.6 is 23.2 Å². The van der Waals surface area contributed by atoms with Gasteiger partial charge in [-0.25, -0.2) is 0 Å². The van der Waals surface area contributed by atoms with Crippen molar-refractivity contribution in [2.45, 2.75) is 19.3 Å². The Labute approximate surface area is 145 Å². The number of carbonyl (C=O) groups excluding carboxylic acids is 2. The molecular formula is C16H20Cl2N2O3. The summed E-state index contributed by atoms with van der Waals surface area (Å²) < 4.78 is 4.92. The predicted molar refractivity (Wildman–Crippen MR) is 89.7 cm³/mol. The highest BCUT2D eigenvalue weighted by Crippen LogP contribution is 2.29. The molecule has 1 aliphatic rings. The fraction of sp³-hybridized carbons (Fsp3) is 0.500. The van der Waals surface area contributed by atoms with Crippen molar-refractivity contribution >= 4 is 35.1 Å². The smallest absolute Gasteiger partial charge is 0.313 e. The molecular weight excluding hydrogens is 339 g/mol. The van der Waals surface area contributed by atoms with E-state index < -0.39 is 5.41 Å². The lowest BCUT2D eigenvalue weighted by molar-refractivity contribution is -0.154. The molecule has 1 fully saturated rings. The number of piperidine rings is 1. The second-order valence-corrected chi connectivity index (χ2v) is 6.55. The van der Waals surface area contributed by atoms with Gasteiger partial charge in [0.15, 0.2) is 0 Å². The van der Waals surface area contributed by atoms with E-state index in [-0.39, 0.29) is 24.8 Å². The zero-order valence-electron chi connectivity index (χ0n) is 13.0. The Kier molecular flexibility index (Phi) is 6.27. The zero-order valence-corrected chi connectivity index (χ0v) is 14.5. The normalized spacial score (nSPS) is 16.7. The fourth-order valence-corrected chi connectivity index (χ4v) is 3.22. The van der Waals surface area contributed by atoms with Crippen molar-refractivity contribution in [1.29, 1.82) is 0 Å². The first kappa shape index (κ1) is 18.0. The molecule has 0 saturated carbocycles. The lowest BCUT2D eigenvalue weighted by Crippen LogP contribution is -2.50. The van der Waals surface area contributed by atoms with Crippen molar-refractivity contribution in [3.05, 3.63) is 33.8 Å². The van der Waals surface area contributed by atoms with Crippen molar-refractivity contribution in [3.8, 4) is 0 Å². The first-order chi connectivity index (χ1) is 11.0. The van der Waals surface area contributed by atoms with Gasteiger partial charge in [-0.3, -0.25) is 9.59 Å². The number of nitrogens with one attached hydrogen (secondary N) is 2. The van der Waals surface area contributed by atoms with Crippen LogP contribution in [0.1, 0.15) is 18.4 Å². The third-order valence-electron chi connectivity index (χ3n) is 4.17. The lowest BCUT2D eigenvalue weighted by Gasteiger charge is -2.34. The molecule has 0 radical (unpaired) electrons. The van der Waals surface area contributed by atoms with Crippen molar-refractivity contribution in [2.24, 2.45) is 5.41 Å². The molecule has 0 aromatic heterocycles. The largest absolute Gasteiger partial charge is 0.469 e. The number of ether oxygens (including phenoxy) is 1. The molecule has 1 saturated heterocycles. The Morgan fingerprint density at radius 3 is 2.61 bits per heavy atom. The third kappa shape index (κ3) is 4.59. The number of rotatable bonds is 5. The summed E-state index contributed by atoms with van der Waals surface area (Å²) in [5.41, 5.74) is 0.0467. The van der Waals surface area contributed by atoms with E-state index in [0.29, 0.717) is 28.5 Å². The van der Waals surface area contributed by atoms with Crippen LogP contribution in [0, 0.1) is 5.41 Å². The van der Waals surface area contributed by atoms with Gasteiger partial charge in [0.25, 0.3) is 0 Å². The van der Waals surface area contributed by atoms with Crippen LogP contribution in [0.25, 0.3) is 0 Å². The van der Waals surface area contributed by atoms with E-state index >= 15 is 0 Å². The molecule has 1 heterocycles. The number of methoxy groups -OCH3 is 1. The van der Waals surface area contributed by atoms with Crippen LogP contribution in [0.4, 0.5) is 0 Å². The van der Waals surface area contributed by atoms with Crippen LogP contribution in [-0.4, -0.2) is 38.6 Å². The van der Waals surface area contributed by atoms with Gasteiger partial charge < -0.3 is 15.4 Å². The van der Waals surface area contributed by atoms with Crippen molar-refractivity contribution < 1.29 is 14.3 Å². The Morgan fingerprint density at radius 2 is 2.00 bits per heavy atom. The average molecular weight is 359 g/mol. The Bertz CT molecular complexity index is 587. The average Bonchev–Trinajstić information content (AvgIpc) is 2.55. The number of carbonyl (C=O) groups is 2. The minimum absolute atomic E-state index is 0.144. The monoisotopic (exact) mass is 358 g/mol. The van der Waals surface area contributed by atoms with Gasteiger partial charge in [-0.15, -0.1) is 0 Å². The van der Waals surface area contributed by atoms with Crippen LogP contribution in [0.2, 0.25) is 10.0 Å². The second kappa shape index (κ2) is 7.99. The minimum atomic E-state index is -0.653. The van der Waals surface area contributed by atoms with Gasteiger partial charge in [0, 0.05) is 16.6 Å². The van der Waals surface area contributed by atoms with E-state index in [9.17, 15) is 9.59 Å². The highest BCUT2D eigenvalue weighted by atomic mass is 35.5. The minimum Gasteiger partial charge on any atom is -0.469 e. The molecule has 0 aliphatic carbocycles. The van der Waals surface area contributed by atoms with Crippen LogP contribution in [0.15, 0.2) is 18.2 Å². The maximum atomic E-state index is 12.2. The van der Waals surface area contributed by atoms with Gasteiger partial charge in [0.2, 0.25) is 5.91 Å². The van der Waals surface area contributed by atoms with E-state index in [1.165, 1.54) is 7.11 Å². The molecule has 0 atom stereocenters. The molecule has 1 amide bonds. The quantitative estimate of drug-likeness (QED) is 0.791. The first-order valence-electron chi connectivity index (χ1n) is 7.47. The molecule has 1 aromatic rings. The summed E-state index contributed by atoms with van der Waals surface area (Å²) in [5, 5.41) is 7.03. The van der Waals surface area contributed by atoms with Crippen LogP contribution < -0.4 is 10.6 Å². The molecule has 1 aliphatic heterocycles. The molecule has 0 unspecified atom stereocenters. The highest BCUT2D eigenvalue weighted by Gasteiger charge is 2.40. The van der Waals surface area contributed by atoms with E-state index in [1.54, 1.807) is 18.2 Å². The van der Waals surface area contributed by atoms with Gasteiger partial charge in [0.05, 0.1) is 18.9 Å². The Hall–Kier alpha value is -1.30. The summed E-state index contributed by atoms with van der Waals surface area (Å²) in [6.07, 6.45) is 1.43. The zero-order chi connectivity index (χ0) is 16.9. The standard InChI is InChI=1S/C16H20Cl2N2O3/c1-23-15(22)16(4-6-19-7-5-16)10-20-14(21)8-11-2-3-12(17)9-13(11)18/h2-3,9,19H,4-8,10H2,1H3,(H,20,21). The van der Waals surface area contributed by atoms with Crippen LogP contribution in [0.5, 0.6) is 0 Å². The number of benzene rings is 1. The maximum absolute atomic E-state index is 12.2. The van der Waals surface area contributed by atoms with E-state index in [2.05, 4.69) is 10.6 Å². The summed E-state index contributed by atoms with van der Waals surface area (Å²) in [5.74, 6) is -0.458. The Morgan fingerprint density at radius 1 is 1.30 bits per heavy atom.